The second-order valence-electron chi connectivity index (χ2n) is 10.3. The molecule has 0 spiro atoms. The highest BCUT2D eigenvalue weighted by Gasteiger charge is 2.66. The number of aromatic nitrogens is 2. The number of amides is 1. The number of alkyl halides is 3. The minimum absolute atomic E-state index is 0.0740. The highest BCUT2D eigenvalue weighted by molar-refractivity contribution is 7.89. The van der Waals surface area contributed by atoms with Crippen molar-refractivity contribution in [3.8, 4) is 5.75 Å². The molecule has 228 valence electrons. The topological polar surface area (TPSA) is 112 Å². The van der Waals surface area contributed by atoms with Gasteiger partial charge in [-0.2, -0.15) is 26.7 Å². The first kappa shape index (κ1) is 31.1. The van der Waals surface area contributed by atoms with Crippen molar-refractivity contribution in [2.45, 2.75) is 44.6 Å². The highest BCUT2D eigenvalue weighted by Crippen LogP contribution is 2.55. The Morgan fingerprint density at radius 2 is 1.90 bits per heavy atom. The third-order valence-electron chi connectivity index (χ3n) is 7.60. The summed E-state index contributed by atoms with van der Waals surface area (Å²) in [4.78, 5) is 15.4. The summed E-state index contributed by atoms with van der Waals surface area (Å²) >= 11 is 0. The number of rotatable bonds is 8. The third kappa shape index (κ3) is 6.20. The molecular weight excluding hydrogens is 579 g/mol. The van der Waals surface area contributed by atoms with E-state index < -0.39 is 63.0 Å². The quantitative estimate of drug-likeness (QED) is 0.454. The maximum atomic E-state index is 15.1. The van der Waals surface area contributed by atoms with E-state index in [1.54, 1.807) is 0 Å². The van der Waals surface area contributed by atoms with E-state index in [0.717, 1.165) is 31.5 Å². The van der Waals surface area contributed by atoms with E-state index in [9.17, 15) is 30.8 Å². The first-order chi connectivity index (χ1) is 19.0. The Kier molecular flexibility index (Phi) is 8.70. The van der Waals surface area contributed by atoms with Crippen molar-refractivity contribution in [3.63, 3.8) is 0 Å². The van der Waals surface area contributed by atoms with Crippen molar-refractivity contribution in [2.75, 3.05) is 51.0 Å². The van der Waals surface area contributed by atoms with Gasteiger partial charge in [-0.3, -0.25) is 9.69 Å². The second kappa shape index (κ2) is 11.5. The SMILES string of the molecule is Cc1nn(S(C)(=O)=O)cc1NC(=O)[C@@H]1O[C@@](C)(C(F)(F)F)[C@@H](C)[C@H]1c1ccc(F)c(F)c1OCCN1CCOCC1. The molecule has 16 heteroatoms. The van der Waals surface area contributed by atoms with E-state index in [1.807, 2.05) is 4.90 Å². The lowest BCUT2D eigenvalue weighted by Crippen LogP contribution is -2.47. The number of morpholine rings is 1. The number of halogens is 5. The van der Waals surface area contributed by atoms with E-state index >= 15 is 4.39 Å². The van der Waals surface area contributed by atoms with E-state index in [4.69, 9.17) is 14.2 Å². The summed E-state index contributed by atoms with van der Waals surface area (Å²) in [5.41, 5.74) is -3.02. The van der Waals surface area contributed by atoms with E-state index in [1.165, 1.54) is 13.8 Å². The van der Waals surface area contributed by atoms with Crippen LogP contribution in [0.1, 0.15) is 31.0 Å². The Bertz CT molecular complexity index is 1400. The predicted octanol–water partition coefficient (Wildman–Crippen LogP) is 3.07. The number of aryl methyl sites for hydroxylation is 1. The van der Waals surface area contributed by atoms with Crippen molar-refractivity contribution in [1.29, 1.82) is 0 Å². The zero-order valence-corrected chi connectivity index (χ0v) is 23.6. The Morgan fingerprint density at radius 3 is 2.49 bits per heavy atom. The Hall–Kier alpha value is -2.82. The van der Waals surface area contributed by atoms with Gasteiger partial charge in [0.2, 0.25) is 5.82 Å². The van der Waals surface area contributed by atoms with Crippen LogP contribution in [-0.4, -0.2) is 92.0 Å². The Labute approximate surface area is 233 Å². The van der Waals surface area contributed by atoms with E-state index in [-0.39, 0.29) is 23.6 Å². The first-order valence-corrected chi connectivity index (χ1v) is 14.6. The summed E-state index contributed by atoms with van der Waals surface area (Å²) in [7, 11) is -3.82. The molecular formula is C25H31F5N4O6S. The summed E-state index contributed by atoms with van der Waals surface area (Å²) in [5.74, 6) is -7.23. The Balaban J connectivity index is 1.70. The molecule has 10 nitrogen and oxygen atoms in total. The molecule has 2 aliphatic rings. The van der Waals surface area contributed by atoms with Gasteiger partial charge in [0.1, 0.15) is 12.7 Å². The predicted molar refractivity (Wildman–Crippen MR) is 136 cm³/mol. The van der Waals surface area contributed by atoms with E-state index in [2.05, 4.69) is 10.4 Å². The van der Waals surface area contributed by atoms with Crippen LogP contribution in [0, 0.1) is 24.5 Å². The number of nitrogens with one attached hydrogen (secondary N) is 1. The zero-order valence-electron chi connectivity index (χ0n) is 22.8. The van der Waals surface area contributed by atoms with Crippen LogP contribution >= 0.6 is 0 Å². The van der Waals surface area contributed by atoms with Crippen LogP contribution < -0.4 is 10.1 Å². The average molecular weight is 611 g/mol. The molecule has 0 saturated carbocycles. The molecule has 0 bridgehead atoms. The molecule has 2 aliphatic heterocycles. The lowest BCUT2D eigenvalue weighted by molar-refractivity contribution is -0.272. The zero-order chi connectivity index (χ0) is 30.3. The van der Waals surface area contributed by atoms with Gasteiger partial charge in [-0.25, -0.2) is 12.8 Å². The van der Waals surface area contributed by atoms with E-state index in [0.29, 0.717) is 36.9 Å². The summed E-state index contributed by atoms with van der Waals surface area (Å²) in [6.07, 6.45) is -4.91. The number of ether oxygens (including phenoxy) is 3. The molecule has 2 fully saturated rings. The van der Waals surface area contributed by atoms with Gasteiger partial charge in [-0.05, 0) is 19.9 Å². The largest absolute Gasteiger partial charge is 0.489 e. The van der Waals surface area contributed by atoms with Crippen LogP contribution in [-0.2, 0) is 24.3 Å². The fourth-order valence-electron chi connectivity index (χ4n) is 5.01. The maximum absolute atomic E-state index is 15.1. The Morgan fingerprint density at radius 1 is 1.24 bits per heavy atom. The highest BCUT2D eigenvalue weighted by atomic mass is 32.2. The number of carbonyl (C=O) groups is 1. The smallest absolute Gasteiger partial charge is 0.417 e. The molecule has 4 atom stereocenters. The average Bonchev–Trinajstić information content (AvgIpc) is 3.40. The fourth-order valence-corrected chi connectivity index (χ4v) is 5.58. The number of benzene rings is 1. The number of anilines is 1. The van der Waals surface area contributed by atoms with Crippen molar-refractivity contribution in [1.82, 2.24) is 14.1 Å². The minimum atomic E-state index is -4.94. The maximum Gasteiger partial charge on any atom is 0.417 e. The second-order valence-corrected chi connectivity index (χ2v) is 12.1. The van der Waals surface area contributed by atoms with Gasteiger partial charge >= 0.3 is 6.18 Å². The molecule has 0 radical (unpaired) electrons. The number of hydrogen-bond acceptors (Lipinski definition) is 8. The molecule has 1 aromatic carbocycles. The molecule has 41 heavy (non-hydrogen) atoms. The van der Waals surface area contributed by atoms with Gasteiger partial charge in [0.15, 0.2) is 17.2 Å². The van der Waals surface area contributed by atoms with Crippen LogP contribution in [0.2, 0.25) is 0 Å². The fraction of sp³-hybridized carbons (Fsp3) is 0.600. The summed E-state index contributed by atoms with van der Waals surface area (Å²) < 4.78 is 113. The van der Waals surface area contributed by atoms with Crippen molar-refractivity contribution in [3.05, 3.63) is 41.2 Å². The molecule has 0 aliphatic carbocycles. The molecule has 3 heterocycles. The molecule has 1 aromatic heterocycles. The van der Waals surface area contributed by atoms with Crippen LogP contribution in [0.5, 0.6) is 5.75 Å². The molecule has 2 saturated heterocycles. The standard InChI is InChI=1S/C25H31F5N4O6S/c1-14-19(16-5-6-17(26)20(27)21(16)39-12-9-33-7-10-38-11-8-33)22(40-24(14,3)25(28,29)30)23(35)31-18-13-34(32-15(18)2)41(4,36)37/h5-6,13-14,19,22H,7-12H2,1-4H3,(H,31,35)/t14-,19-,22+,24+/m0/s1. The van der Waals surface area contributed by atoms with Crippen molar-refractivity contribution in [2.24, 2.45) is 5.92 Å². The van der Waals surface area contributed by atoms with Crippen LogP contribution in [0.4, 0.5) is 27.6 Å². The van der Waals surface area contributed by atoms with Gasteiger partial charge < -0.3 is 19.5 Å². The number of carbonyl (C=O) groups excluding carboxylic acids is 1. The lowest BCUT2D eigenvalue weighted by Gasteiger charge is -2.32. The molecule has 1 amide bonds. The monoisotopic (exact) mass is 610 g/mol. The molecule has 2 aromatic rings. The summed E-state index contributed by atoms with van der Waals surface area (Å²) in [6.45, 7) is 5.77. The number of hydrogen-bond donors (Lipinski definition) is 1. The van der Waals surface area contributed by atoms with Crippen LogP contribution in [0.25, 0.3) is 0 Å². The third-order valence-corrected chi connectivity index (χ3v) is 8.47. The van der Waals surface area contributed by atoms with Gasteiger partial charge in [0.05, 0.1) is 37.0 Å². The van der Waals surface area contributed by atoms with Gasteiger partial charge in [-0.1, -0.05) is 13.0 Å². The van der Waals surface area contributed by atoms with Crippen LogP contribution in [0.3, 0.4) is 0 Å². The van der Waals surface area contributed by atoms with Crippen molar-refractivity contribution >= 4 is 21.6 Å². The summed E-state index contributed by atoms with van der Waals surface area (Å²) in [5, 5.41) is 6.18. The van der Waals surface area contributed by atoms with Crippen LogP contribution in [0.15, 0.2) is 18.3 Å². The van der Waals surface area contributed by atoms with Gasteiger partial charge in [0.25, 0.3) is 15.9 Å². The lowest BCUT2D eigenvalue weighted by atomic mass is 9.77. The summed E-state index contributed by atoms with van der Waals surface area (Å²) in [6, 6.07) is 1.84. The molecule has 4 rings (SSSR count). The van der Waals surface area contributed by atoms with Gasteiger partial charge in [-0.15, -0.1) is 0 Å². The minimum Gasteiger partial charge on any atom is -0.489 e. The van der Waals surface area contributed by atoms with Crippen molar-refractivity contribution < 1.29 is 49.4 Å². The number of nitrogens with zero attached hydrogens (tertiary/aromatic N) is 3. The van der Waals surface area contributed by atoms with Gasteiger partial charge in [0, 0.05) is 37.0 Å². The normalized spacial score (nSPS) is 25.8. The molecule has 0 unspecified atom stereocenters. The first-order valence-electron chi connectivity index (χ1n) is 12.8. The molecule has 1 N–H and O–H groups in total.